The molecule has 0 saturated heterocycles. The smallest absolute Gasteiger partial charge is 0.0962 e. The fourth-order valence-corrected chi connectivity index (χ4v) is 2.61. The minimum absolute atomic E-state index is 0.217. The second-order valence-corrected chi connectivity index (χ2v) is 5.49. The summed E-state index contributed by atoms with van der Waals surface area (Å²) in [7, 11) is 0. The van der Waals surface area contributed by atoms with Gasteiger partial charge in [0.15, 0.2) is 0 Å². The van der Waals surface area contributed by atoms with E-state index in [1.807, 2.05) is 25.1 Å². The van der Waals surface area contributed by atoms with Gasteiger partial charge in [0, 0.05) is 5.41 Å². The van der Waals surface area contributed by atoms with Gasteiger partial charge in [-0.15, -0.1) is 0 Å². The summed E-state index contributed by atoms with van der Waals surface area (Å²) in [6.07, 6.45) is 0. The van der Waals surface area contributed by atoms with E-state index in [0.717, 1.165) is 5.56 Å². The first kappa shape index (κ1) is 11.4. The normalized spacial score (nSPS) is 27.9. The van der Waals surface area contributed by atoms with Crippen LogP contribution in [0, 0.1) is 5.41 Å². The highest BCUT2D eigenvalue weighted by Crippen LogP contribution is 2.52. The Labute approximate surface area is 97.8 Å². The van der Waals surface area contributed by atoms with E-state index in [1.54, 1.807) is 0 Å². The van der Waals surface area contributed by atoms with E-state index in [4.69, 9.17) is 0 Å². The molecular weight excluding hydrogens is 196 g/mol. The molecule has 0 fully saturated rings. The van der Waals surface area contributed by atoms with Gasteiger partial charge in [-0.25, -0.2) is 0 Å². The average Bonchev–Trinajstić information content (AvgIpc) is 2.25. The van der Waals surface area contributed by atoms with Crippen molar-refractivity contribution in [1.29, 1.82) is 0 Å². The lowest BCUT2D eigenvalue weighted by Gasteiger charge is -2.46. The van der Waals surface area contributed by atoms with Crippen molar-refractivity contribution < 1.29 is 5.11 Å². The molecule has 1 unspecified atom stereocenters. The van der Waals surface area contributed by atoms with E-state index in [-0.39, 0.29) is 5.41 Å². The van der Waals surface area contributed by atoms with Gasteiger partial charge in [-0.1, -0.05) is 43.7 Å². The third-order valence-electron chi connectivity index (χ3n) is 4.57. The van der Waals surface area contributed by atoms with Crippen LogP contribution in [0.4, 0.5) is 0 Å². The second kappa shape index (κ2) is 3.21. The molecule has 0 spiro atoms. The highest BCUT2D eigenvalue weighted by atomic mass is 16.3. The van der Waals surface area contributed by atoms with Gasteiger partial charge in [0.05, 0.1) is 5.60 Å². The van der Waals surface area contributed by atoms with Crippen molar-refractivity contribution in [2.45, 2.75) is 40.2 Å². The molecule has 1 aromatic rings. The Balaban J connectivity index is 2.81. The first-order valence-electron chi connectivity index (χ1n) is 5.80. The molecule has 0 saturated carbocycles. The predicted octanol–water partition coefficient (Wildman–Crippen LogP) is 3.73. The highest BCUT2D eigenvalue weighted by molar-refractivity contribution is 5.74. The van der Waals surface area contributed by atoms with Crippen LogP contribution in [-0.4, -0.2) is 5.11 Å². The van der Waals surface area contributed by atoms with Gasteiger partial charge in [-0.2, -0.15) is 0 Å². The molecule has 1 atom stereocenters. The topological polar surface area (TPSA) is 20.2 Å². The Hall–Kier alpha value is -1.08. The zero-order chi connectivity index (χ0) is 12.1. The minimum Gasteiger partial charge on any atom is -0.385 e. The number of allylic oxidation sites excluding steroid dienone is 1. The molecule has 16 heavy (non-hydrogen) atoms. The molecule has 2 rings (SSSR count). The Kier molecular flexibility index (Phi) is 2.29. The zero-order valence-electron chi connectivity index (χ0n) is 10.8. The SMILES string of the molecule is CC1=C(C)C(C)(C)C(C)(O)c2ccccc21. The first-order valence-corrected chi connectivity index (χ1v) is 5.80. The Bertz CT molecular complexity index is 464. The number of hydrogen-bond donors (Lipinski definition) is 1. The van der Waals surface area contributed by atoms with Gasteiger partial charge >= 0.3 is 0 Å². The molecule has 0 heterocycles. The fraction of sp³-hybridized carbons (Fsp3) is 0.467. The lowest BCUT2D eigenvalue weighted by Crippen LogP contribution is -2.43. The molecule has 0 bridgehead atoms. The van der Waals surface area contributed by atoms with Crippen molar-refractivity contribution >= 4 is 5.57 Å². The van der Waals surface area contributed by atoms with Gasteiger partial charge in [-0.3, -0.25) is 0 Å². The van der Waals surface area contributed by atoms with Crippen molar-refractivity contribution in [2.24, 2.45) is 5.41 Å². The lowest BCUT2D eigenvalue weighted by atomic mass is 9.61. The van der Waals surface area contributed by atoms with Crippen LogP contribution in [-0.2, 0) is 5.60 Å². The van der Waals surface area contributed by atoms with Crippen LogP contribution in [0.5, 0.6) is 0 Å². The van der Waals surface area contributed by atoms with Crippen LogP contribution < -0.4 is 0 Å². The molecule has 1 aliphatic carbocycles. The number of rotatable bonds is 0. The molecular formula is C15H20O. The summed E-state index contributed by atoms with van der Waals surface area (Å²) in [4.78, 5) is 0. The monoisotopic (exact) mass is 216 g/mol. The van der Waals surface area contributed by atoms with E-state index in [9.17, 15) is 5.11 Å². The molecule has 0 aliphatic heterocycles. The molecule has 1 N–H and O–H groups in total. The van der Waals surface area contributed by atoms with E-state index in [0.29, 0.717) is 0 Å². The van der Waals surface area contributed by atoms with Crippen molar-refractivity contribution in [3.63, 3.8) is 0 Å². The van der Waals surface area contributed by atoms with Crippen LogP contribution in [0.3, 0.4) is 0 Å². The average molecular weight is 216 g/mol. The number of aliphatic hydroxyl groups is 1. The Morgan fingerprint density at radius 2 is 1.56 bits per heavy atom. The van der Waals surface area contributed by atoms with Crippen LogP contribution >= 0.6 is 0 Å². The van der Waals surface area contributed by atoms with Gasteiger partial charge in [-0.05, 0) is 37.5 Å². The quantitative estimate of drug-likeness (QED) is 0.700. The number of benzene rings is 1. The van der Waals surface area contributed by atoms with E-state index in [1.165, 1.54) is 16.7 Å². The molecule has 1 nitrogen and oxygen atoms in total. The highest BCUT2D eigenvalue weighted by Gasteiger charge is 2.46. The summed E-state index contributed by atoms with van der Waals surface area (Å²) in [5.41, 5.74) is 3.79. The summed E-state index contributed by atoms with van der Waals surface area (Å²) < 4.78 is 0. The molecule has 1 heteroatoms. The standard InChI is InChI=1S/C15H20O/c1-10-11(2)14(3,4)15(5,16)13-9-7-6-8-12(10)13/h6-9,16H,1-5H3. The van der Waals surface area contributed by atoms with Gasteiger partial charge in [0.2, 0.25) is 0 Å². The maximum absolute atomic E-state index is 10.8. The van der Waals surface area contributed by atoms with Gasteiger partial charge in [0.25, 0.3) is 0 Å². The first-order chi connectivity index (χ1) is 7.30. The van der Waals surface area contributed by atoms with Crippen molar-refractivity contribution in [1.82, 2.24) is 0 Å². The van der Waals surface area contributed by atoms with Crippen LogP contribution in [0.1, 0.15) is 45.7 Å². The van der Waals surface area contributed by atoms with E-state index in [2.05, 4.69) is 33.8 Å². The summed E-state index contributed by atoms with van der Waals surface area (Å²) in [6, 6.07) is 8.16. The third kappa shape index (κ3) is 1.21. The third-order valence-corrected chi connectivity index (χ3v) is 4.57. The Morgan fingerprint density at radius 3 is 2.19 bits per heavy atom. The molecule has 1 aliphatic rings. The largest absolute Gasteiger partial charge is 0.385 e. The van der Waals surface area contributed by atoms with Crippen LogP contribution in [0.2, 0.25) is 0 Å². The number of fused-ring (bicyclic) bond motifs is 1. The van der Waals surface area contributed by atoms with E-state index >= 15 is 0 Å². The Morgan fingerprint density at radius 1 is 1.00 bits per heavy atom. The van der Waals surface area contributed by atoms with Gasteiger partial charge in [0.1, 0.15) is 0 Å². The summed E-state index contributed by atoms with van der Waals surface area (Å²) in [6.45, 7) is 10.4. The fourth-order valence-electron chi connectivity index (χ4n) is 2.61. The molecule has 0 aromatic heterocycles. The van der Waals surface area contributed by atoms with Crippen molar-refractivity contribution in [3.05, 3.63) is 41.0 Å². The van der Waals surface area contributed by atoms with Crippen LogP contribution in [0.15, 0.2) is 29.8 Å². The number of hydrogen-bond acceptors (Lipinski definition) is 1. The van der Waals surface area contributed by atoms with Crippen molar-refractivity contribution in [3.8, 4) is 0 Å². The summed E-state index contributed by atoms with van der Waals surface area (Å²) in [5, 5.41) is 10.8. The maximum atomic E-state index is 10.8. The predicted molar refractivity (Wildman–Crippen MR) is 68.1 cm³/mol. The molecule has 0 radical (unpaired) electrons. The van der Waals surface area contributed by atoms with Gasteiger partial charge < -0.3 is 5.11 Å². The minimum atomic E-state index is -0.798. The summed E-state index contributed by atoms with van der Waals surface area (Å²) >= 11 is 0. The maximum Gasteiger partial charge on any atom is 0.0962 e. The lowest BCUT2D eigenvalue weighted by molar-refractivity contribution is -0.0390. The summed E-state index contributed by atoms with van der Waals surface area (Å²) in [5.74, 6) is 0. The second-order valence-electron chi connectivity index (χ2n) is 5.49. The zero-order valence-corrected chi connectivity index (χ0v) is 10.8. The van der Waals surface area contributed by atoms with E-state index < -0.39 is 5.60 Å². The van der Waals surface area contributed by atoms with Crippen LogP contribution in [0.25, 0.3) is 5.57 Å². The molecule has 1 aromatic carbocycles. The molecule has 86 valence electrons. The van der Waals surface area contributed by atoms with Crippen molar-refractivity contribution in [2.75, 3.05) is 0 Å². The molecule has 0 amide bonds.